The van der Waals surface area contributed by atoms with Crippen LogP contribution in [0.4, 0.5) is 0 Å². The van der Waals surface area contributed by atoms with Gasteiger partial charge in [-0.3, -0.25) is 4.79 Å². The molecule has 2 rings (SSSR count). The number of rotatable bonds is 6. The van der Waals surface area contributed by atoms with Crippen LogP contribution in [0.5, 0.6) is 0 Å². The molecule has 0 saturated heterocycles. The minimum Gasteiger partial charge on any atom is -0.350 e. The summed E-state index contributed by atoms with van der Waals surface area (Å²) in [6, 6.07) is 8.42. The maximum Gasteiger partial charge on any atom is 0.221 e. The highest BCUT2D eigenvalue weighted by Crippen LogP contribution is 2.21. The molecule has 0 atom stereocenters. The number of nitrogens with zero attached hydrogens (tertiary/aromatic N) is 1. The molecule has 2 aromatic rings. The lowest BCUT2D eigenvalue weighted by Crippen LogP contribution is -2.30. The second kappa shape index (κ2) is 6.63. The number of thiazole rings is 1. The molecule has 1 heterocycles. The number of aromatic nitrogens is 1. The average Bonchev–Trinajstić information content (AvgIpc) is 2.78. The summed E-state index contributed by atoms with van der Waals surface area (Å²) in [4.78, 5) is 16.1. The van der Waals surface area contributed by atoms with Gasteiger partial charge in [-0.05, 0) is 12.1 Å². The van der Waals surface area contributed by atoms with Gasteiger partial charge in [0.25, 0.3) is 0 Å². The van der Waals surface area contributed by atoms with E-state index in [2.05, 4.69) is 29.5 Å². The lowest BCUT2D eigenvalue weighted by atomic mass is 10.3. The van der Waals surface area contributed by atoms with Crippen LogP contribution in [0.15, 0.2) is 24.3 Å². The summed E-state index contributed by atoms with van der Waals surface area (Å²) < 4.78 is 1.16. The highest BCUT2D eigenvalue weighted by atomic mass is 32.1. The maximum atomic E-state index is 11.6. The lowest BCUT2D eigenvalue weighted by molar-refractivity contribution is -0.121. The second-order valence-corrected chi connectivity index (χ2v) is 5.83. The molecule has 1 aromatic carbocycles. The maximum absolute atomic E-state index is 11.6. The molecular weight excluding hydrogens is 258 g/mol. The van der Waals surface area contributed by atoms with E-state index in [0.717, 1.165) is 15.2 Å². The molecule has 19 heavy (non-hydrogen) atoms. The zero-order chi connectivity index (χ0) is 13.7. The van der Waals surface area contributed by atoms with Crippen LogP contribution in [-0.2, 0) is 11.3 Å². The number of para-hydroxylation sites is 1. The zero-order valence-electron chi connectivity index (χ0n) is 11.3. The molecule has 0 aliphatic rings. The van der Waals surface area contributed by atoms with Gasteiger partial charge in [-0.15, -0.1) is 11.3 Å². The number of hydrogen-bond acceptors (Lipinski definition) is 4. The minimum atomic E-state index is 0.0624. The van der Waals surface area contributed by atoms with Crippen molar-refractivity contribution in [1.29, 1.82) is 0 Å². The van der Waals surface area contributed by atoms with Gasteiger partial charge in [0.2, 0.25) is 5.91 Å². The van der Waals surface area contributed by atoms with Crippen LogP contribution in [-0.4, -0.2) is 23.5 Å². The normalized spacial score (nSPS) is 11.1. The van der Waals surface area contributed by atoms with Crippen molar-refractivity contribution in [3.8, 4) is 0 Å². The monoisotopic (exact) mass is 277 g/mol. The summed E-state index contributed by atoms with van der Waals surface area (Å²) in [5.41, 5.74) is 0.998. The highest BCUT2D eigenvalue weighted by molar-refractivity contribution is 7.18. The Morgan fingerprint density at radius 1 is 1.37 bits per heavy atom. The van der Waals surface area contributed by atoms with Crippen LogP contribution in [0.1, 0.15) is 25.3 Å². The molecule has 4 nitrogen and oxygen atoms in total. The van der Waals surface area contributed by atoms with Crippen LogP contribution in [0, 0.1) is 0 Å². The molecule has 0 saturated carbocycles. The fourth-order valence-corrected chi connectivity index (χ4v) is 2.64. The van der Waals surface area contributed by atoms with Crippen LogP contribution < -0.4 is 10.6 Å². The van der Waals surface area contributed by atoms with Crippen molar-refractivity contribution in [3.05, 3.63) is 29.3 Å². The number of hydrogen-bond donors (Lipinski definition) is 2. The first-order chi connectivity index (χ1) is 9.15. The van der Waals surface area contributed by atoms with Gasteiger partial charge < -0.3 is 10.6 Å². The molecule has 2 N–H and O–H groups in total. The van der Waals surface area contributed by atoms with Crippen LogP contribution in [0.3, 0.4) is 0 Å². The van der Waals surface area contributed by atoms with E-state index in [9.17, 15) is 4.79 Å². The Morgan fingerprint density at radius 2 is 2.16 bits per heavy atom. The number of carbonyl (C=O) groups excluding carboxylic acids is 1. The van der Waals surface area contributed by atoms with Gasteiger partial charge in [-0.25, -0.2) is 4.98 Å². The number of nitrogens with one attached hydrogen (secondary N) is 2. The molecule has 1 amide bonds. The third kappa shape index (κ3) is 4.29. The van der Waals surface area contributed by atoms with Crippen molar-refractivity contribution in [3.63, 3.8) is 0 Å². The minimum absolute atomic E-state index is 0.0624. The summed E-state index contributed by atoms with van der Waals surface area (Å²) in [6.45, 7) is 5.36. The molecule has 5 heteroatoms. The molecule has 0 fully saturated rings. The number of amides is 1. The molecule has 0 radical (unpaired) electrons. The smallest absolute Gasteiger partial charge is 0.221 e. The first-order valence-electron chi connectivity index (χ1n) is 6.49. The van der Waals surface area contributed by atoms with Crippen molar-refractivity contribution >= 4 is 27.5 Å². The molecule has 0 spiro atoms. The largest absolute Gasteiger partial charge is 0.350 e. The van der Waals surface area contributed by atoms with E-state index < -0.39 is 0 Å². The Labute approximate surface area is 117 Å². The molecule has 0 aliphatic heterocycles. The van der Waals surface area contributed by atoms with E-state index >= 15 is 0 Å². The van der Waals surface area contributed by atoms with Gasteiger partial charge in [0.1, 0.15) is 5.01 Å². The number of benzene rings is 1. The van der Waals surface area contributed by atoms with Crippen molar-refractivity contribution in [2.45, 2.75) is 32.9 Å². The number of fused-ring (bicyclic) bond motifs is 1. The van der Waals surface area contributed by atoms with E-state index in [1.54, 1.807) is 11.3 Å². The predicted octanol–water partition coefficient (Wildman–Crippen LogP) is 2.30. The Balaban J connectivity index is 1.80. The lowest BCUT2D eigenvalue weighted by Gasteiger charge is -2.07. The van der Waals surface area contributed by atoms with Crippen LogP contribution in [0.25, 0.3) is 10.2 Å². The SMILES string of the molecule is CC(C)NCCC(=O)NCc1nc2ccccc2s1. The molecular formula is C14H19N3OS. The van der Waals surface area contributed by atoms with Crippen molar-refractivity contribution in [2.75, 3.05) is 6.54 Å². The van der Waals surface area contributed by atoms with Gasteiger partial charge in [-0.1, -0.05) is 26.0 Å². The fourth-order valence-electron chi connectivity index (χ4n) is 1.73. The van der Waals surface area contributed by atoms with Gasteiger partial charge in [0.05, 0.1) is 16.8 Å². The Morgan fingerprint density at radius 3 is 2.89 bits per heavy atom. The molecule has 0 unspecified atom stereocenters. The van der Waals surface area contributed by atoms with Gasteiger partial charge >= 0.3 is 0 Å². The zero-order valence-corrected chi connectivity index (χ0v) is 12.1. The van der Waals surface area contributed by atoms with Gasteiger partial charge in [-0.2, -0.15) is 0 Å². The Bertz CT molecular complexity index is 517. The highest BCUT2D eigenvalue weighted by Gasteiger charge is 2.05. The summed E-state index contributed by atoms with van der Waals surface area (Å²) >= 11 is 1.63. The summed E-state index contributed by atoms with van der Waals surface area (Å²) in [6.07, 6.45) is 0.503. The Kier molecular flexibility index (Phi) is 4.87. The average molecular weight is 277 g/mol. The van der Waals surface area contributed by atoms with Crippen LogP contribution >= 0.6 is 11.3 Å². The van der Waals surface area contributed by atoms with Gasteiger partial charge in [0, 0.05) is 19.0 Å². The molecule has 102 valence electrons. The topological polar surface area (TPSA) is 54.0 Å². The fraction of sp³-hybridized carbons (Fsp3) is 0.429. The summed E-state index contributed by atoms with van der Waals surface area (Å²) in [5.74, 6) is 0.0624. The standard InChI is InChI=1S/C14H19N3OS/c1-10(2)15-8-7-13(18)16-9-14-17-11-5-3-4-6-12(11)19-14/h3-6,10,15H,7-9H2,1-2H3,(H,16,18). The molecule has 0 aliphatic carbocycles. The van der Waals surface area contributed by atoms with E-state index in [-0.39, 0.29) is 5.91 Å². The van der Waals surface area contributed by atoms with Crippen LogP contribution in [0.2, 0.25) is 0 Å². The van der Waals surface area contributed by atoms with E-state index in [4.69, 9.17) is 0 Å². The number of carbonyl (C=O) groups is 1. The Hall–Kier alpha value is -1.46. The first-order valence-corrected chi connectivity index (χ1v) is 7.31. The van der Waals surface area contributed by atoms with Crippen molar-refractivity contribution in [1.82, 2.24) is 15.6 Å². The molecule has 0 bridgehead atoms. The van der Waals surface area contributed by atoms with E-state index in [0.29, 0.717) is 25.6 Å². The van der Waals surface area contributed by atoms with Gasteiger partial charge in [0.15, 0.2) is 0 Å². The predicted molar refractivity (Wildman–Crippen MR) is 79.2 cm³/mol. The van der Waals surface area contributed by atoms with Crippen molar-refractivity contribution in [2.24, 2.45) is 0 Å². The van der Waals surface area contributed by atoms with Crippen molar-refractivity contribution < 1.29 is 4.79 Å². The van der Waals surface area contributed by atoms with E-state index in [1.807, 2.05) is 24.3 Å². The second-order valence-electron chi connectivity index (χ2n) is 4.71. The summed E-state index contributed by atoms with van der Waals surface area (Å²) in [5, 5.41) is 7.08. The molecule has 1 aromatic heterocycles. The third-order valence-corrected chi connectivity index (χ3v) is 3.72. The third-order valence-electron chi connectivity index (χ3n) is 2.68. The summed E-state index contributed by atoms with van der Waals surface area (Å²) in [7, 11) is 0. The first kappa shape index (κ1) is 14.0. The quantitative estimate of drug-likeness (QED) is 0.852. The van der Waals surface area contributed by atoms with E-state index in [1.165, 1.54) is 0 Å².